The second-order valence-corrected chi connectivity index (χ2v) is 10.7. The van der Waals surface area contributed by atoms with Gasteiger partial charge in [0, 0.05) is 37.4 Å². The Morgan fingerprint density at radius 2 is 1.98 bits per heavy atom. The molecule has 3 aromatic heterocycles. The van der Waals surface area contributed by atoms with Crippen LogP contribution < -0.4 is 10.6 Å². The van der Waals surface area contributed by atoms with E-state index in [1.54, 1.807) is 41.4 Å². The second-order valence-electron chi connectivity index (χ2n) is 10.3. The average molecular weight is 561 g/mol. The number of pyridine rings is 2. The maximum atomic E-state index is 14.9. The molecule has 1 aliphatic rings. The van der Waals surface area contributed by atoms with Crippen LogP contribution in [0.15, 0.2) is 66.1 Å². The summed E-state index contributed by atoms with van der Waals surface area (Å²) in [5.74, 6) is 0.0825. The molecule has 0 N–H and O–H groups in total. The molecule has 0 radical (unpaired) electrons. The van der Waals surface area contributed by atoms with Crippen LogP contribution in [0.3, 0.4) is 0 Å². The summed E-state index contributed by atoms with van der Waals surface area (Å²) in [6.07, 6.45) is 3.63. The number of piperazine rings is 1. The normalized spacial score (nSPS) is 15.6. The Morgan fingerprint density at radius 3 is 2.67 bits per heavy atom. The molecule has 1 fully saturated rings. The van der Waals surface area contributed by atoms with Crippen molar-refractivity contribution in [2.45, 2.75) is 33.2 Å². The number of hydrogen-bond donors (Lipinski definition) is 0. The number of carbonyl (C=O) groups excluding carboxylic acids is 1. The molecule has 1 aromatic carbocycles. The maximum absolute atomic E-state index is 14.9. The lowest BCUT2D eigenvalue weighted by Crippen LogP contribution is -2.54. The van der Waals surface area contributed by atoms with Crippen LogP contribution in [0.2, 0.25) is 5.02 Å². The molecule has 5 rings (SSSR count). The first-order valence-corrected chi connectivity index (χ1v) is 13.6. The summed E-state index contributed by atoms with van der Waals surface area (Å²) in [5.41, 5.74) is 1.50. The number of amides is 1. The van der Waals surface area contributed by atoms with E-state index in [0.717, 1.165) is 5.69 Å². The van der Waals surface area contributed by atoms with Gasteiger partial charge in [-0.05, 0) is 55.7 Å². The summed E-state index contributed by atoms with van der Waals surface area (Å²) < 4.78 is 16.3. The Bertz CT molecular complexity index is 1670. The lowest BCUT2D eigenvalue weighted by atomic mass is 10.1. The molecule has 1 amide bonds. The minimum absolute atomic E-state index is 0.145. The number of benzene rings is 1. The van der Waals surface area contributed by atoms with Crippen LogP contribution in [0, 0.1) is 11.7 Å². The number of rotatable bonds is 6. The van der Waals surface area contributed by atoms with Gasteiger partial charge in [0.1, 0.15) is 11.6 Å². The molecule has 8 nitrogen and oxygen atoms in total. The smallest absolute Gasteiger partial charge is 0.350 e. The van der Waals surface area contributed by atoms with Gasteiger partial charge in [0.25, 0.3) is 0 Å². The van der Waals surface area contributed by atoms with Gasteiger partial charge in [-0.25, -0.2) is 18.7 Å². The van der Waals surface area contributed by atoms with E-state index >= 15 is 0 Å². The topological polar surface area (TPSA) is 84.2 Å². The zero-order valence-corrected chi connectivity index (χ0v) is 23.4. The first-order valence-electron chi connectivity index (χ1n) is 13.2. The third kappa shape index (κ3) is 5.09. The van der Waals surface area contributed by atoms with Gasteiger partial charge in [0.2, 0.25) is 5.91 Å². The first kappa shape index (κ1) is 27.5. The zero-order valence-electron chi connectivity index (χ0n) is 22.6. The highest BCUT2D eigenvalue weighted by molar-refractivity contribution is 6.33. The highest BCUT2D eigenvalue weighted by atomic mass is 35.5. The van der Waals surface area contributed by atoms with Gasteiger partial charge in [0.15, 0.2) is 5.65 Å². The number of carbonyl (C=O) groups is 1. The average Bonchev–Trinajstić information content (AvgIpc) is 2.93. The van der Waals surface area contributed by atoms with Crippen LogP contribution in [0.5, 0.6) is 0 Å². The predicted molar refractivity (Wildman–Crippen MR) is 155 cm³/mol. The molecule has 1 aliphatic heterocycles. The fourth-order valence-corrected chi connectivity index (χ4v) is 5.42. The van der Waals surface area contributed by atoms with E-state index in [1.807, 2.05) is 17.9 Å². The third-order valence-corrected chi connectivity index (χ3v) is 7.31. The van der Waals surface area contributed by atoms with Crippen LogP contribution in [0.4, 0.5) is 10.2 Å². The summed E-state index contributed by atoms with van der Waals surface area (Å²) >= 11 is 6.74. The van der Waals surface area contributed by atoms with Gasteiger partial charge in [-0.2, -0.15) is 4.98 Å². The van der Waals surface area contributed by atoms with Crippen molar-refractivity contribution in [3.63, 3.8) is 0 Å². The van der Waals surface area contributed by atoms with Crippen molar-refractivity contribution >= 4 is 34.4 Å². The maximum Gasteiger partial charge on any atom is 0.355 e. The SMILES string of the molecule is C=CC(=O)N1CCN(c2nc(=O)n(-c3cccnc3CC(C)C)c3nc(-c4ccccc4F)c(Cl)cc23)[C@@H](C)C1. The third-order valence-electron chi connectivity index (χ3n) is 7.02. The van der Waals surface area contributed by atoms with E-state index in [0.29, 0.717) is 48.6 Å². The van der Waals surface area contributed by atoms with Crippen molar-refractivity contribution in [3.8, 4) is 16.9 Å². The van der Waals surface area contributed by atoms with Crippen LogP contribution in [0.25, 0.3) is 28.0 Å². The predicted octanol–water partition coefficient (Wildman–Crippen LogP) is 5.06. The molecule has 0 aliphatic carbocycles. The lowest BCUT2D eigenvalue weighted by Gasteiger charge is -2.40. The van der Waals surface area contributed by atoms with Crippen LogP contribution in [-0.2, 0) is 11.2 Å². The Morgan fingerprint density at radius 1 is 1.20 bits per heavy atom. The van der Waals surface area contributed by atoms with Crippen LogP contribution in [0.1, 0.15) is 26.5 Å². The summed E-state index contributed by atoms with van der Waals surface area (Å²) in [5, 5.41) is 0.770. The summed E-state index contributed by atoms with van der Waals surface area (Å²) in [4.78, 5) is 43.7. The summed E-state index contributed by atoms with van der Waals surface area (Å²) in [6.45, 7) is 11.0. The van der Waals surface area contributed by atoms with Crippen molar-refractivity contribution in [3.05, 3.63) is 88.3 Å². The molecule has 0 unspecified atom stereocenters. The van der Waals surface area contributed by atoms with Crippen molar-refractivity contribution < 1.29 is 9.18 Å². The molecule has 4 heterocycles. The Labute approximate surface area is 236 Å². The van der Waals surface area contributed by atoms with Gasteiger partial charge in [0.05, 0.1) is 27.5 Å². The van der Waals surface area contributed by atoms with E-state index in [-0.39, 0.29) is 34.1 Å². The van der Waals surface area contributed by atoms with Gasteiger partial charge < -0.3 is 9.80 Å². The molecule has 0 saturated carbocycles. The summed E-state index contributed by atoms with van der Waals surface area (Å²) in [7, 11) is 0. The molecule has 1 atom stereocenters. The number of hydrogen-bond acceptors (Lipinski definition) is 6. The van der Waals surface area contributed by atoms with Gasteiger partial charge >= 0.3 is 5.69 Å². The second kappa shape index (κ2) is 11.2. The highest BCUT2D eigenvalue weighted by Gasteiger charge is 2.30. The first-order chi connectivity index (χ1) is 19.2. The van der Waals surface area contributed by atoms with Crippen molar-refractivity contribution in [1.29, 1.82) is 0 Å². The van der Waals surface area contributed by atoms with Crippen molar-refractivity contribution in [2.75, 3.05) is 24.5 Å². The lowest BCUT2D eigenvalue weighted by molar-refractivity contribution is -0.126. The van der Waals surface area contributed by atoms with E-state index in [2.05, 4.69) is 30.4 Å². The number of aromatic nitrogens is 4. The van der Waals surface area contributed by atoms with Crippen molar-refractivity contribution in [1.82, 2.24) is 24.4 Å². The van der Waals surface area contributed by atoms with Gasteiger partial charge in [-0.15, -0.1) is 0 Å². The minimum Gasteiger partial charge on any atom is -0.350 e. The summed E-state index contributed by atoms with van der Waals surface area (Å²) in [6, 6.07) is 11.4. The Hall–Kier alpha value is -4.11. The number of nitrogens with zero attached hydrogens (tertiary/aromatic N) is 6. The fourth-order valence-electron chi connectivity index (χ4n) is 5.16. The Kier molecular flexibility index (Phi) is 7.67. The highest BCUT2D eigenvalue weighted by Crippen LogP contribution is 2.35. The monoisotopic (exact) mass is 560 g/mol. The minimum atomic E-state index is -0.536. The van der Waals surface area contributed by atoms with Gasteiger partial charge in [-0.1, -0.05) is 44.2 Å². The van der Waals surface area contributed by atoms with Crippen molar-refractivity contribution in [2.24, 2.45) is 5.92 Å². The quantitative estimate of drug-likeness (QED) is 0.307. The molecule has 4 aromatic rings. The van der Waals surface area contributed by atoms with Crippen LogP contribution >= 0.6 is 11.6 Å². The van der Waals surface area contributed by atoms with E-state index in [9.17, 15) is 14.0 Å². The van der Waals surface area contributed by atoms with E-state index in [1.165, 1.54) is 16.7 Å². The number of fused-ring (bicyclic) bond motifs is 1. The van der Waals surface area contributed by atoms with E-state index < -0.39 is 11.5 Å². The molecular weight excluding hydrogens is 531 g/mol. The molecule has 1 saturated heterocycles. The zero-order chi connectivity index (χ0) is 28.6. The number of halogens is 2. The fraction of sp³-hybridized carbons (Fsp3) is 0.300. The molecular formula is C30H30ClFN6O2. The Balaban J connectivity index is 1.77. The van der Waals surface area contributed by atoms with E-state index in [4.69, 9.17) is 16.6 Å². The molecule has 0 spiro atoms. The molecule has 10 heteroatoms. The van der Waals surface area contributed by atoms with Gasteiger partial charge in [-0.3, -0.25) is 9.78 Å². The molecule has 206 valence electrons. The largest absolute Gasteiger partial charge is 0.355 e. The van der Waals surface area contributed by atoms with Crippen LogP contribution in [-0.4, -0.2) is 56.0 Å². The molecule has 40 heavy (non-hydrogen) atoms. The molecule has 0 bridgehead atoms. The standard InChI is InChI=1S/C30H30ClFN6O2/c1-5-26(39)36-13-14-37(19(4)17-36)28-21-16-22(31)27(20-9-6-7-10-23(20)32)34-29(21)38(30(40)35-28)25-11-8-12-33-24(25)15-18(2)3/h5-12,16,18-19H,1,13-15,17H2,2-4H3/t19-/m0/s1. The number of anilines is 1.